The van der Waals surface area contributed by atoms with Gasteiger partial charge >= 0.3 is 5.97 Å². The first-order valence-corrected chi connectivity index (χ1v) is 8.41. The Balaban J connectivity index is 2.05. The third-order valence-electron chi connectivity index (χ3n) is 4.33. The van der Waals surface area contributed by atoms with Crippen LogP contribution < -0.4 is 14.8 Å². The monoisotopic (exact) mass is 335 g/mol. The molecule has 0 aliphatic heterocycles. The summed E-state index contributed by atoms with van der Waals surface area (Å²) >= 11 is 0. The molecule has 1 amide bonds. The number of ether oxygens (including phenoxy) is 2. The van der Waals surface area contributed by atoms with Crippen LogP contribution in [0.4, 0.5) is 0 Å². The molecule has 2 rings (SSSR count). The molecule has 6 heteroatoms. The van der Waals surface area contributed by atoms with Gasteiger partial charge in [-0.05, 0) is 37.5 Å². The molecule has 0 bridgehead atoms. The zero-order valence-corrected chi connectivity index (χ0v) is 14.2. The van der Waals surface area contributed by atoms with Crippen LogP contribution >= 0.6 is 0 Å². The molecule has 2 atom stereocenters. The molecule has 6 nitrogen and oxygen atoms in total. The fourth-order valence-corrected chi connectivity index (χ4v) is 2.93. The lowest BCUT2D eigenvalue weighted by molar-refractivity contribution is -0.142. The van der Waals surface area contributed by atoms with E-state index in [9.17, 15) is 14.7 Å². The van der Waals surface area contributed by atoms with Crippen LogP contribution in [0.1, 0.15) is 49.4 Å². The number of rotatable bonds is 8. The predicted molar refractivity (Wildman–Crippen MR) is 89.6 cm³/mol. The number of carboxylic acids is 1. The fraction of sp³-hybridized carbons (Fsp3) is 0.556. The van der Waals surface area contributed by atoms with E-state index in [-0.39, 0.29) is 11.9 Å². The number of carbonyl (C=O) groups excluding carboxylic acids is 1. The minimum Gasteiger partial charge on any atom is -0.493 e. The SMILES string of the molecule is CCCCOc1ccc(C(=O)N[C@@H]2CCC[C@@H]2C(=O)O)cc1OC. The fourth-order valence-electron chi connectivity index (χ4n) is 2.93. The predicted octanol–water partition coefficient (Wildman–Crippen LogP) is 2.86. The number of carboxylic acid groups (broad SMARTS) is 1. The van der Waals surface area contributed by atoms with E-state index in [1.54, 1.807) is 18.2 Å². The molecule has 1 aliphatic carbocycles. The largest absolute Gasteiger partial charge is 0.493 e. The Hall–Kier alpha value is -2.24. The highest BCUT2D eigenvalue weighted by Gasteiger charge is 2.34. The molecule has 1 aromatic carbocycles. The molecule has 0 saturated heterocycles. The Morgan fingerprint density at radius 2 is 2.08 bits per heavy atom. The number of carbonyl (C=O) groups is 2. The van der Waals surface area contributed by atoms with E-state index in [1.165, 1.54) is 7.11 Å². The summed E-state index contributed by atoms with van der Waals surface area (Å²) in [7, 11) is 1.53. The van der Waals surface area contributed by atoms with Crippen molar-refractivity contribution in [2.45, 2.75) is 45.1 Å². The third-order valence-corrected chi connectivity index (χ3v) is 4.33. The Morgan fingerprint density at radius 1 is 1.29 bits per heavy atom. The van der Waals surface area contributed by atoms with E-state index >= 15 is 0 Å². The van der Waals surface area contributed by atoms with E-state index < -0.39 is 11.9 Å². The number of amides is 1. The Morgan fingerprint density at radius 3 is 2.75 bits per heavy atom. The highest BCUT2D eigenvalue weighted by Crippen LogP contribution is 2.29. The summed E-state index contributed by atoms with van der Waals surface area (Å²) < 4.78 is 10.9. The molecule has 0 radical (unpaired) electrons. The average Bonchev–Trinajstić information content (AvgIpc) is 3.03. The van der Waals surface area contributed by atoms with E-state index in [0.717, 1.165) is 19.3 Å². The first kappa shape index (κ1) is 18.1. The maximum absolute atomic E-state index is 12.4. The van der Waals surface area contributed by atoms with Crippen molar-refractivity contribution < 1.29 is 24.2 Å². The zero-order chi connectivity index (χ0) is 17.5. The summed E-state index contributed by atoms with van der Waals surface area (Å²) in [4.78, 5) is 23.6. The van der Waals surface area contributed by atoms with Crippen LogP contribution in [0.3, 0.4) is 0 Å². The highest BCUT2D eigenvalue weighted by atomic mass is 16.5. The van der Waals surface area contributed by atoms with Crippen molar-refractivity contribution in [2.24, 2.45) is 5.92 Å². The number of hydrogen-bond acceptors (Lipinski definition) is 4. The lowest BCUT2D eigenvalue weighted by Gasteiger charge is -2.18. The molecule has 1 aromatic rings. The maximum atomic E-state index is 12.4. The minimum atomic E-state index is -0.852. The topological polar surface area (TPSA) is 84.9 Å². The van der Waals surface area contributed by atoms with Crippen molar-refractivity contribution in [2.75, 3.05) is 13.7 Å². The quantitative estimate of drug-likeness (QED) is 0.714. The number of aliphatic carboxylic acids is 1. The van der Waals surface area contributed by atoms with Gasteiger partial charge in [-0.15, -0.1) is 0 Å². The molecule has 0 aromatic heterocycles. The maximum Gasteiger partial charge on any atom is 0.308 e. The molecular formula is C18H25NO5. The standard InChI is InChI=1S/C18H25NO5/c1-3-4-10-24-15-9-8-12(11-16(15)23-2)17(20)19-14-7-5-6-13(14)18(21)22/h8-9,11,13-14H,3-7,10H2,1-2H3,(H,19,20)(H,21,22)/t13-,14+/m0/s1. The average molecular weight is 335 g/mol. The Labute approximate surface area is 142 Å². The second-order valence-electron chi connectivity index (χ2n) is 6.02. The van der Waals surface area contributed by atoms with Crippen molar-refractivity contribution >= 4 is 11.9 Å². The van der Waals surface area contributed by atoms with Gasteiger partial charge in [0.25, 0.3) is 5.91 Å². The number of methoxy groups -OCH3 is 1. The summed E-state index contributed by atoms with van der Waals surface area (Å²) in [6.07, 6.45) is 4.10. The molecule has 0 spiro atoms. The Kier molecular flexibility index (Phi) is 6.46. The number of benzene rings is 1. The van der Waals surface area contributed by atoms with E-state index in [1.807, 2.05) is 0 Å². The van der Waals surface area contributed by atoms with E-state index in [2.05, 4.69) is 12.2 Å². The van der Waals surface area contributed by atoms with Crippen LogP contribution in [-0.4, -0.2) is 36.7 Å². The van der Waals surface area contributed by atoms with Gasteiger partial charge in [-0.3, -0.25) is 9.59 Å². The summed E-state index contributed by atoms with van der Waals surface area (Å²) in [5, 5.41) is 12.0. The van der Waals surface area contributed by atoms with Crippen molar-refractivity contribution in [1.82, 2.24) is 5.32 Å². The van der Waals surface area contributed by atoms with E-state index in [4.69, 9.17) is 9.47 Å². The van der Waals surface area contributed by atoms with Crippen LogP contribution in [0.25, 0.3) is 0 Å². The number of hydrogen-bond donors (Lipinski definition) is 2. The van der Waals surface area contributed by atoms with Crippen molar-refractivity contribution in [1.29, 1.82) is 0 Å². The van der Waals surface area contributed by atoms with Crippen LogP contribution in [0.15, 0.2) is 18.2 Å². The van der Waals surface area contributed by atoms with Gasteiger partial charge in [0.15, 0.2) is 11.5 Å². The molecule has 1 fully saturated rings. The first-order valence-electron chi connectivity index (χ1n) is 8.41. The first-order chi connectivity index (χ1) is 11.6. The lowest BCUT2D eigenvalue weighted by atomic mass is 10.0. The molecule has 0 heterocycles. The highest BCUT2D eigenvalue weighted by molar-refractivity contribution is 5.95. The molecule has 1 aliphatic rings. The van der Waals surface area contributed by atoms with Crippen molar-refractivity contribution in [3.8, 4) is 11.5 Å². The second-order valence-corrected chi connectivity index (χ2v) is 6.02. The molecule has 24 heavy (non-hydrogen) atoms. The third kappa shape index (κ3) is 4.40. The van der Waals surface area contributed by atoms with Crippen LogP contribution in [0, 0.1) is 5.92 Å². The number of nitrogens with one attached hydrogen (secondary N) is 1. The smallest absolute Gasteiger partial charge is 0.308 e. The van der Waals surface area contributed by atoms with Gasteiger partial charge in [0.05, 0.1) is 19.6 Å². The molecule has 132 valence electrons. The van der Waals surface area contributed by atoms with Gasteiger partial charge in [-0.2, -0.15) is 0 Å². The molecule has 2 N–H and O–H groups in total. The summed E-state index contributed by atoms with van der Waals surface area (Å²) in [5.74, 6) is -0.541. The normalized spacial score (nSPS) is 19.8. The summed E-state index contributed by atoms with van der Waals surface area (Å²) in [5.41, 5.74) is 0.436. The van der Waals surface area contributed by atoms with Gasteiger partial charge in [0.2, 0.25) is 0 Å². The Bertz CT molecular complexity index is 587. The van der Waals surface area contributed by atoms with Gasteiger partial charge in [0, 0.05) is 11.6 Å². The second kappa shape index (κ2) is 8.57. The lowest BCUT2D eigenvalue weighted by Crippen LogP contribution is -2.40. The summed E-state index contributed by atoms with van der Waals surface area (Å²) in [6, 6.07) is 4.69. The van der Waals surface area contributed by atoms with Gasteiger partial charge in [0.1, 0.15) is 0 Å². The summed E-state index contributed by atoms with van der Waals surface area (Å²) in [6.45, 7) is 2.68. The van der Waals surface area contributed by atoms with Gasteiger partial charge in [-0.1, -0.05) is 19.8 Å². The van der Waals surface area contributed by atoms with Crippen molar-refractivity contribution in [3.63, 3.8) is 0 Å². The van der Waals surface area contributed by atoms with Gasteiger partial charge < -0.3 is 19.9 Å². The van der Waals surface area contributed by atoms with Gasteiger partial charge in [-0.25, -0.2) is 0 Å². The van der Waals surface area contributed by atoms with Crippen LogP contribution in [0.2, 0.25) is 0 Å². The van der Waals surface area contributed by atoms with Crippen LogP contribution in [-0.2, 0) is 4.79 Å². The molecule has 0 unspecified atom stereocenters. The zero-order valence-electron chi connectivity index (χ0n) is 14.2. The molecule has 1 saturated carbocycles. The van der Waals surface area contributed by atoms with Crippen molar-refractivity contribution in [3.05, 3.63) is 23.8 Å². The van der Waals surface area contributed by atoms with Crippen LogP contribution in [0.5, 0.6) is 11.5 Å². The molecular weight excluding hydrogens is 310 g/mol. The van der Waals surface area contributed by atoms with E-state index in [0.29, 0.717) is 36.5 Å². The minimum absolute atomic E-state index is 0.286. The number of unbranched alkanes of at least 4 members (excludes halogenated alkanes) is 1.